The van der Waals surface area contributed by atoms with Gasteiger partial charge in [0.25, 0.3) is 0 Å². The lowest BCUT2D eigenvalue weighted by atomic mass is 10.2. The Hall–Kier alpha value is -2.69. The van der Waals surface area contributed by atoms with Crippen molar-refractivity contribution >= 4 is 45.5 Å². The summed E-state index contributed by atoms with van der Waals surface area (Å²) in [6.07, 6.45) is 1.59. The zero-order chi connectivity index (χ0) is 22.1. The zero-order valence-corrected chi connectivity index (χ0v) is 19.6. The third-order valence-electron chi connectivity index (χ3n) is 5.00. The lowest BCUT2D eigenvalue weighted by Gasteiger charge is -2.23. The SMILES string of the molecule is Cc1ccc(Nc2nccc(Nc3n[nH]c(C)c3C)n2)cc1S(=O)(=O)C(C)(C)CO.Cl. The molecule has 3 rings (SSSR count). The molecule has 0 atom stereocenters. The molecule has 0 saturated carbocycles. The number of sulfone groups is 1. The number of aromatic amines is 1. The van der Waals surface area contributed by atoms with E-state index in [-0.39, 0.29) is 17.3 Å². The maximum atomic E-state index is 13.0. The lowest BCUT2D eigenvalue weighted by Crippen LogP contribution is -2.36. The Bertz CT molecular complexity index is 1180. The first-order chi connectivity index (χ1) is 14.0. The molecule has 0 unspecified atom stereocenters. The van der Waals surface area contributed by atoms with Crippen molar-refractivity contribution in [3.63, 3.8) is 0 Å². The van der Waals surface area contributed by atoms with E-state index in [1.165, 1.54) is 19.9 Å². The van der Waals surface area contributed by atoms with Crippen LogP contribution in [-0.2, 0) is 9.84 Å². The molecule has 168 valence electrons. The van der Waals surface area contributed by atoms with Crippen LogP contribution in [0.4, 0.5) is 23.3 Å². The van der Waals surface area contributed by atoms with E-state index in [0.29, 0.717) is 28.8 Å². The van der Waals surface area contributed by atoms with Gasteiger partial charge in [-0.05, 0) is 58.4 Å². The first-order valence-corrected chi connectivity index (χ1v) is 10.9. The van der Waals surface area contributed by atoms with Crippen molar-refractivity contribution in [2.24, 2.45) is 0 Å². The predicted molar refractivity (Wildman–Crippen MR) is 123 cm³/mol. The molecule has 0 aliphatic heterocycles. The molecule has 0 radical (unpaired) electrons. The number of halogens is 1. The fourth-order valence-electron chi connectivity index (χ4n) is 2.70. The number of aliphatic hydroxyl groups excluding tert-OH is 1. The Morgan fingerprint density at radius 2 is 1.84 bits per heavy atom. The average molecular weight is 467 g/mol. The van der Waals surface area contributed by atoms with E-state index >= 15 is 0 Å². The molecule has 1 aromatic carbocycles. The van der Waals surface area contributed by atoms with Gasteiger partial charge in [-0.15, -0.1) is 12.4 Å². The molecule has 2 heterocycles. The maximum absolute atomic E-state index is 13.0. The number of hydrogen-bond acceptors (Lipinski definition) is 8. The van der Waals surface area contributed by atoms with Gasteiger partial charge >= 0.3 is 0 Å². The fourth-order valence-corrected chi connectivity index (χ4v) is 4.24. The van der Waals surface area contributed by atoms with Gasteiger partial charge in [-0.1, -0.05) is 6.07 Å². The molecule has 11 heteroatoms. The van der Waals surface area contributed by atoms with Gasteiger partial charge in [0.05, 0.1) is 16.2 Å². The van der Waals surface area contributed by atoms with Crippen molar-refractivity contribution < 1.29 is 13.5 Å². The number of anilines is 4. The minimum absolute atomic E-state index is 0. The number of aromatic nitrogens is 4. The van der Waals surface area contributed by atoms with Gasteiger partial charge in [-0.3, -0.25) is 5.10 Å². The second-order valence-corrected chi connectivity index (χ2v) is 10.3. The highest BCUT2D eigenvalue weighted by Crippen LogP contribution is 2.30. The smallest absolute Gasteiger partial charge is 0.229 e. The summed E-state index contributed by atoms with van der Waals surface area (Å²) in [7, 11) is -3.74. The molecule has 0 fully saturated rings. The van der Waals surface area contributed by atoms with E-state index in [2.05, 4.69) is 30.8 Å². The van der Waals surface area contributed by atoms with Crippen LogP contribution in [0.1, 0.15) is 30.7 Å². The molecule has 2 aromatic heterocycles. The molecule has 31 heavy (non-hydrogen) atoms. The predicted octanol–water partition coefficient (Wildman–Crippen LogP) is 3.58. The topological polar surface area (TPSA) is 133 Å². The Morgan fingerprint density at radius 1 is 1.13 bits per heavy atom. The molecule has 3 aromatic rings. The summed E-state index contributed by atoms with van der Waals surface area (Å²) in [4.78, 5) is 8.78. The molecule has 0 amide bonds. The Balaban J connectivity index is 0.00000341. The number of rotatable bonds is 7. The summed E-state index contributed by atoms with van der Waals surface area (Å²) in [5, 5.41) is 22.8. The molecule has 9 nitrogen and oxygen atoms in total. The molecular weight excluding hydrogens is 440 g/mol. The Morgan fingerprint density at radius 3 is 2.45 bits per heavy atom. The van der Waals surface area contributed by atoms with Crippen molar-refractivity contribution in [2.45, 2.75) is 44.3 Å². The van der Waals surface area contributed by atoms with Gasteiger partial charge in [0.1, 0.15) is 5.82 Å². The van der Waals surface area contributed by atoms with Crippen LogP contribution in [0.25, 0.3) is 0 Å². The van der Waals surface area contributed by atoms with Crippen molar-refractivity contribution in [1.29, 1.82) is 0 Å². The van der Waals surface area contributed by atoms with Crippen LogP contribution >= 0.6 is 12.4 Å². The molecule has 0 aliphatic rings. The summed E-state index contributed by atoms with van der Waals surface area (Å²) < 4.78 is 24.6. The fraction of sp³-hybridized carbons (Fsp3) is 0.350. The van der Waals surface area contributed by atoms with Crippen LogP contribution in [0.5, 0.6) is 0 Å². The summed E-state index contributed by atoms with van der Waals surface area (Å²) in [6, 6.07) is 6.71. The maximum Gasteiger partial charge on any atom is 0.229 e. The van der Waals surface area contributed by atoms with Crippen LogP contribution in [0, 0.1) is 20.8 Å². The number of H-pyrrole nitrogens is 1. The van der Waals surface area contributed by atoms with E-state index < -0.39 is 21.2 Å². The highest BCUT2D eigenvalue weighted by Gasteiger charge is 2.36. The second kappa shape index (κ2) is 9.21. The number of hydrogen-bond donors (Lipinski definition) is 4. The van der Waals surface area contributed by atoms with Crippen molar-refractivity contribution in [3.8, 4) is 0 Å². The summed E-state index contributed by atoms with van der Waals surface area (Å²) in [5.41, 5.74) is 3.08. The van der Waals surface area contributed by atoms with Crippen LogP contribution < -0.4 is 10.6 Å². The van der Waals surface area contributed by atoms with E-state index in [4.69, 9.17) is 0 Å². The van der Waals surface area contributed by atoms with Crippen molar-refractivity contribution in [1.82, 2.24) is 20.2 Å². The molecule has 0 spiro atoms. The molecule has 0 saturated heterocycles. The lowest BCUT2D eigenvalue weighted by molar-refractivity contribution is 0.258. The summed E-state index contributed by atoms with van der Waals surface area (Å²) >= 11 is 0. The van der Waals surface area contributed by atoms with Crippen molar-refractivity contribution in [2.75, 3.05) is 17.2 Å². The van der Waals surface area contributed by atoms with Gasteiger partial charge in [0, 0.05) is 23.1 Å². The largest absolute Gasteiger partial charge is 0.395 e. The monoisotopic (exact) mass is 466 g/mol. The third kappa shape index (κ3) is 4.97. The number of aryl methyl sites for hydroxylation is 2. The second-order valence-electron chi connectivity index (χ2n) is 7.74. The molecule has 0 bridgehead atoms. The van der Waals surface area contributed by atoms with Crippen LogP contribution in [0.2, 0.25) is 0 Å². The van der Waals surface area contributed by atoms with E-state index in [0.717, 1.165) is 11.3 Å². The highest BCUT2D eigenvalue weighted by molar-refractivity contribution is 7.92. The summed E-state index contributed by atoms with van der Waals surface area (Å²) in [6.45, 7) is 8.12. The number of nitrogens with zero attached hydrogens (tertiary/aromatic N) is 3. The Kier molecular flexibility index (Phi) is 7.30. The van der Waals surface area contributed by atoms with E-state index in [1.807, 2.05) is 13.8 Å². The van der Waals surface area contributed by atoms with Crippen LogP contribution in [-0.4, -0.2) is 45.0 Å². The van der Waals surface area contributed by atoms with Crippen molar-refractivity contribution in [3.05, 3.63) is 47.3 Å². The summed E-state index contributed by atoms with van der Waals surface area (Å²) in [5.74, 6) is 1.52. The standard InChI is InChI=1S/C20H26N6O3S.ClH/c1-12-6-7-15(10-16(12)30(28,29)20(4,5)11-27)22-19-21-9-8-17(24-19)23-18-13(2)14(3)25-26-18;/h6-10,27H,11H2,1-5H3,(H3,21,22,23,24,25,26);1H. The molecular formula is C20H27ClN6O3S. The third-order valence-corrected chi connectivity index (χ3v) is 7.60. The van der Waals surface area contributed by atoms with E-state index in [1.54, 1.807) is 31.3 Å². The number of aliphatic hydroxyl groups is 1. The number of benzene rings is 1. The Labute approximate surface area is 188 Å². The van der Waals surface area contributed by atoms with Gasteiger partial charge < -0.3 is 15.7 Å². The minimum atomic E-state index is -3.74. The zero-order valence-electron chi connectivity index (χ0n) is 18.0. The average Bonchev–Trinajstić information content (AvgIpc) is 3.01. The highest BCUT2D eigenvalue weighted by atomic mass is 35.5. The molecule has 4 N–H and O–H groups in total. The van der Waals surface area contributed by atoms with Gasteiger partial charge in [-0.25, -0.2) is 13.4 Å². The van der Waals surface area contributed by atoms with Gasteiger partial charge in [-0.2, -0.15) is 10.1 Å². The van der Waals surface area contributed by atoms with Crippen LogP contribution in [0.15, 0.2) is 35.4 Å². The normalized spacial score (nSPS) is 11.7. The van der Waals surface area contributed by atoms with Crippen LogP contribution in [0.3, 0.4) is 0 Å². The van der Waals surface area contributed by atoms with E-state index in [9.17, 15) is 13.5 Å². The quantitative estimate of drug-likeness (QED) is 0.415. The minimum Gasteiger partial charge on any atom is -0.395 e. The first kappa shape index (κ1) is 24.6. The first-order valence-electron chi connectivity index (χ1n) is 9.40. The molecule has 0 aliphatic carbocycles. The number of nitrogens with one attached hydrogen (secondary N) is 3. The van der Waals surface area contributed by atoms with Gasteiger partial charge in [0.15, 0.2) is 15.7 Å². The van der Waals surface area contributed by atoms with Gasteiger partial charge in [0.2, 0.25) is 5.95 Å².